The zero-order chi connectivity index (χ0) is 17.4. The van der Waals surface area contributed by atoms with Gasteiger partial charge in [0, 0.05) is 12.1 Å². The van der Waals surface area contributed by atoms with Gasteiger partial charge in [0.15, 0.2) is 11.5 Å². The summed E-state index contributed by atoms with van der Waals surface area (Å²) in [5, 5.41) is 8.83. The summed E-state index contributed by atoms with van der Waals surface area (Å²) in [5.74, 6) is 1.57. The molecule has 0 fully saturated rings. The summed E-state index contributed by atoms with van der Waals surface area (Å²) in [6.45, 7) is 2.97. The number of nitriles is 1. The molecule has 0 aliphatic rings. The molecule has 6 heteroatoms. The van der Waals surface area contributed by atoms with E-state index in [0.717, 1.165) is 0 Å². The van der Waals surface area contributed by atoms with Crippen LogP contribution in [0, 0.1) is 11.3 Å². The third-order valence-electron chi connectivity index (χ3n) is 3.42. The molecule has 0 saturated carbocycles. The maximum Gasteiger partial charge on any atom is 0.254 e. The van der Waals surface area contributed by atoms with Crippen LogP contribution in [0.15, 0.2) is 41.0 Å². The van der Waals surface area contributed by atoms with Gasteiger partial charge < -0.3 is 18.8 Å². The average Bonchev–Trinajstić information content (AvgIpc) is 3.11. The highest BCUT2D eigenvalue weighted by atomic mass is 16.5. The second kappa shape index (κ2) is 8.63. The molecule has 1 heterocycles. The molecular weight excluding hydrogens is 308 g/mol. The van der Waals surface area contributed by atoms with Gasteiger partial charge in [-0.25, -0.2) is 0 Å². The Hall–Kier alpha value is -2.94. The maximum atomic E-state index is 12.8. The van der Waals surface area contributed by atoms with Crippen LogP contribution in [0.2, 0.25) is 0 Å². The SMILES string of the molecule is CCOc1cc(C(=O)N(CCC#N)Cc2ccco2)ccc1OC. The molecule has 6 nitrogen and oxygen atoms in total. The van der Waals surface area contributed by atoms with Crippen LogP contribution in [0.4, 0.5) is 0 Å². The second-order valence-electron chi connectivity index (χ2n) is 5.01. The van der Waals surface area contributed by atoms with Crippen molar-refractivity contribution >= 4 is 5.91 Å². The summed E-state index contributed by atoms with van der Waals surface area (Å²) >= 11 is 0. The minimum Gasteiger partial charge on any atom is -0.493 e. The van der Waals surface area contributed by atoms with E-state index in [-0.39, 0.29) is 12.3 Å². The number of amides is 1. The van der Waals surface area contributed by atoms with Gasteiger partial charge in [0.05, 0.1) is 39.0 Å². The van der Waals surface area contributed by atoms with Crippen molar-refractivity contribution < 1.29 is 18.7 Å². The molecule has 1 amide bonds. The standard InChI is InChI=1S/C18H20N2O4/c1-3-23-17-12-14(7-8-16(17)22-2)18(21)20(10-5-9-19)13-15-6-4-11-24-15/h4,6-8,11-12H,3,5,10,13H2,1-2H3. The molecule has 0 aliphatic heterocycles. The van der Waals surface area contributed by atoms with Crippen LogP contribution in [-0.2, 0) is 6.54 Å². The maximum absolute atomic E-state index is 12.8. The Balaban J connectivity index is 2.24. The van der Waals surface area contributed by atoms with Crippen molar-refractivity contribution in [3.8, 4) is 17.6 Å². The Morgan fingerprint density at radius 2 is 2.17 bits per heavy atom. The van der Waals surface area contributed by atoms with Gasteiger partial charge in [0.1, 0.15) is 5.76 Å². The Labute approximate surface area is 141 Å². The van der Waals surface area contributed by atoms with Gasteiger partial charge in [0.25, 0.3) is 5.91 Å². The number of carbonyl (C=O) groups is 1. The molecule has 0 saturated heterocycles. The number of carbonyl (C=O) groups excluding carboxylic acids is 1. The summed E-state index contributed by atoms with van der Waals surface area (Å²) in [6, 6.07) is 10.7. The van der Waals surface area contributed by atoms with Crippen molar-refractivity contribution in [2.45, 2.75) is 19.9 Å². The van der Waals surface area contributed by atoms with Crippen LogP contribution in [0.3, 0.4) is 0 Å². The van der Waals surface area contributed by atoms with Crippen molar-refractivity contribution in [1.82, 2.24) is 4.90 Å². The van der Waals surface area contributed by atoms with E-state index >= 15 is 0 Å². The zero-order valence-corrected chi connectivity index (χ0v) is 13.8. The number of nitrogens with zero attached hydrogens (tertiary/aromatic N) is 2. The van der Waals surface area contributed by atoms with E-state index in [1.54, 1.807) is 48.6 Å². The van der Waals surface area contributed by atoms with Gasteiger partial charge in [-0.2, -0.15) is 5.26 Å². The number of rotatable bonds is 8. The van der Waals surface area contributed by atoms with Gasteiger partial charge in [-0.15, -0.1) is 0 Å². The van der Waals surface area contributed by atoms with E-state index in [4.69, 9.17) is 19.2 Å². The molecule has 0 aliphatic carbocycles. The average molecular weight is 328 g/mol. The summed E-state index contributed by atoms with van der Waals surface area (Å²) in [4.78, 5) is 14.4. The molecule has 24 heavy (non-hydrogen) atoms. The van der Waals surface area contributed by atoms with Gasteiger partial charge in [0.2, 0.25) is 0 Å². The van der Waals surface area contributed by atoms with Crippen LogP contribution < -0.4 is 9.47 Å². The van der Waals surface area contributed by atoms with Crippen LogP contribution >= 0.6 is 0 Å². The zero-order valence-electron chi connectivity index (χ0n) is 13.8. The third kappa shape index (κ3) is 4.29. The lowest BCUT2D eigenvalue weighted by molar-refractivity contribution is 0.0735. The monoisotopic (exact) mass is 328 g/mol. The predicted octanol–water partition coefficient (Wildman–Crippen LogP) is 3.24. The topological polar surface area (TPSA) is 75.7 Å². The molecule has 126 valence electrons. The van der Waals surface area contributed by atoms with Crippen molar-refractivity contribution in [2.24, 2.45) is 0 Å². The van der Waals surface area contributed by atoms with Gasteiger partial charge in [-0.1, -0.05) is 0 Å². The molecule has 0 atom stereocenters. The highest BCUT2D eigenvalue weighted by Crippen LogP contribution is 2.28. The molecule has 0 N–H and O–H groups in total. The molecule has 2 rings (SSSR count). The van der Waals surface area contributed by atoms with E-state index < -0.39 is 0 Å². The highest BCUT2D eigenvalue weighted by Gasteiger charge is 2.19. The first kappa shape index (κ1) is 17.4. The summed E-state index contributed by atoms with van der Waals surface area (Å²) in [7, 11) is 1.55. The molecule has 1 aromatic carbocycles. The predicted molar refractivity (Wildman–Crippen MR) is 87.8 cm³/mol. The fourth-order valence-electron chi connectivity index (χ4n) is 2.29. The first-order valence-electron chi connectivity index (χ1n) is 7.69. The van der Waals surface area contributed by atoms with Crippen molar-refractivity contribution in [1.29, 1.82) is 5.26 Å². The Morgan fingerprint density at radius 1 is 1.33 bits per heavy atom. The lowest BCUT2D eigenvalue weighted by atomic mass is 10.1. The number of furan rings is 1. The van der Waals surface area contributed by atoms with Crippen LogP contribution in [0.5, 0.6) is 11.5 Å². The Kier molecular flexibility index (Phi) is 6.26. The fourth-order valence-corrected chi connectivity index (χ4v) is 2.29. The molecule has 0 unspecified atom stereocenters. The smallest absolute Gasteiger partial charge is 0.254 e. The van der Waals surface area contributed by atoms with Gasteiger partial charge in [-0.3, -0.25) is 4.79 Å². The number of methoxy groups -OCH3 is 1. The molecule has 0 bridgehead atoms. The largest absolute Gasteiger partial charge is 0.493 e. The molecule has 2 aromatic rings. The van der Waals surface area contributed by atoms with E-state index in [1.165, 1.54) is 0 Å². The number of benzene rings is 1. The molecular formula is C18H20N2O4. The van der Waals surface area contributed by atoms with E-state index in [2.05, 4.69) is 6.07 Å². The quantitative estimate of drug-likeness (QED) is 0.743. The third-order valence-corrected chi connectivity index (χ3v) is 3.42. The van der Waals surface area contributed by atoms with E-state index in [9.17, 15) is 4.79 Å². The summed E-state index contributed by atoms with van der Waals surface area (Å²) in [6.07, 6.45) is 1.81. The minimum atomic E-state index is -0.190. The van der Waals surface area contributed by atoms with Crippen molar-refractivity contribution in [2.75, 3.05) is 20.3 Å². The van der Waals surface area contributed by atoms with Gasteiger partial charge >= 0.3 is 0 Å². The van der Waals surface area contributed by atoms with E-state index in [0.29, 0.717) is 42.5 Å². The lowest BCUT2D eigenvalue weighted by Gasteiger charge is -2.21. The molecule has 0 spiro atoms. The Morgan fingerprint density at radius 3 is 2.79 bits per heavy atom. The van der Waals surface area contributed by atoms with E-state index in [1.807, 2.05) is 6.92 Å². The second-order valence-corrected chi connectivity index (χ2v) is 5.01. The minimum absolute atomic E-state index is 0.190. The number of hydrogen-bond acceptors (Lipinski definition) is 5. The van der Waals surface area contributed by atoms with Crippen LogP contribution in [0.1, 0.15) is 29.5 Å². The first-order valence-corrected chi connectivity index (χ1v) is 7.69. The number of hydrogen-bond donors (Lipinski definition) is 0. The highest BCUT2D eigenvalue weighted by molar-refractivity contribution is 5.94. The normalized spacial score (nSPS) is 10.0. The number of ether oxygens (including phenoxy) is 2. The Bertz CT molecular complexity index is 704. The molecule has 0 radical (unpaired) electrons. The summed E-state index contributed by atoms with van der Waals surface area (Å²) in [5.41, 5.74) is 0.476. The molecule has 1 aromatic heterocycles. The van der Waals surface area contributed by atoms with Crippen LogP contribution in [-0.4, -0.2) is 31.1 Å². The van der Waals surface area contributed by atoms with Gasteiger partial charge in [-0.05, 0) is 37.3 Å². The van der Waals surface area contributed by atoms with Crippen LogP contribution in [0.25, 0.3) is 0 Å². The first-order chi connectivity index (χ1) is 11.7. The summed E-state index contributed by atoms with van der Waals surface area (Å²) < 4.78 is 16.1. The fraction of sp³-hybridized carbons (Fsp3) is 0.333. The lowest BCUT2D eigenvalue weighted by Crippen LogP contribution is -2.31. The van der Waals surface area contributed by atoms with Crippen molar-refractivity contribution in [3.63, 3.8) is 0 Å². The van der Waals surface area contributed by atoms with Crippen molar-refractivity contribution in [3.05, 3.63) is 47.9 Å².